The van der Waals surface area contributed by atoms with Gasteiger partial charge in [-0.15, -0.1) is 0 Å². The zero-order valence-electron chi connectivity index (χ0n) is 14.9. The molecule has 130 valence electrons. The maximum Gasteiger partial charge on any atom is 0.122 e. The quantitative estimate of drug-likeness (QED) is 0.866. The van der Waals surface area contributed by atoms with Gasteiger partial charge >= 0.3 is 0 Å². The van der Waals surface area contributed by atoms with Gasteiger partial charge in [-0.1, -0.05) is 36.8 Å². The first kappa shape index (κ1) is 16.2. The summed E-state index contributed by atoms with van der Waals surface area (Å²) in [5.41, 5.74) is 8.53. The van der Waals surface area contributed by atoms with Crippen LogP contribution in [0.2, 0.25) is 0 Å². The van der Waals surface area contributed by atoms with Gasteiger partial charge in [0, 0.05) is 6.54 Å². The normalized spacial score (nSPS) is 19.2. The van der Waals surface area contributed by atoms with Crippen LogP contribution in [-0.2, 0) is 0 Å². The van der Waals surface area contributed by atoms with Gasteiger partial charge in [-0.05, 0) is 66.6 Å². The second-order valence-corrected chi connectivity index (χ2v) is 7.19. The Morgan fingerprint density at radius 1 is 1.16 bits per heavy atom. The molecule has 25 heavy (non-hydrogen) atoms. The van der Waals surface area contributed by atoms with E-state index in [1.54, 1.807) is 0 Å². The number of aryl methyl sites for hydroxylation is 1. The van der Waals surface area contributed by atoms with Crippen LogP contribution in [0.3, 0.4) is 0 Å². The SMILES string of the molecule is Cc1cc(C=C2CNN(c3ccccc3)C2)ccc1OCC1CCC1. The van der Waals surface area contributed by atoms with Gasteiger partial charge in [-0.2, -0.15) is 0 Å². The van der Waals surface area contributed by atoms with Crippen LogP contribution in [-0.4, -0.2) is 19.7 Å². The fourth-order valence-corrected chi connectivity index (χ4v) is 3.43. The van der Waals surface area contributed by atoms with Crippen LogP contribution in [0.25, 0.3) is 6.08 Å². The minimum Gasteiger partial charge on any atom is -0.493 e. The first-order chi connectivity index (χ1) is 12.3. The minimum absolute atomic E-state index is 0.773. The summed E-state index contributed by atoms with van der Waals surface area (Å²) in [5.74, 6) is 1.80. The summed E-state index contributed by atoms with van der Waals surface area (Å²) in [6, 6.07) is 17.0. The molecule has 2 aliphatic rings. The predicted octanol–water partition coefficient (Wildman–Crippen LogP) is 4.58. The van der Waals surface area contributed by atoms with Crippen molar-refractivity contribution in [3.63, 3.8) is 0 Å². The molecular weight excluding hydrogens is 308 g/mol. The predicted molar refractivity (Wildman–Crippen MR) is 104 cm³/mol. The van der Waals surface area contributed by atoms with E-state index in [1.807, 2.05) is 6.07 Å². The van der Waals surface area contributed by atoms with E-state index in [-0.39, 0.29) is 0 Å². The molecular formula is C22H26N2O. The lowest BCUT2D eigenvalue weighted by molar-refractivity contribution is 0.180. The van der Waals surface area contributed by atoms with Crippen LogP contribution in [0.5, 0.6) is 5.75 Å². The van der Waals surface area contributed by atoms with Gasteiger partial charge in [-0.3, -0.25) is 0 Å². The molecule has 1 aliphatic heterocycles. The Labute approximate surface area is 150 Å². The smallest absolute Gasteiger partial charge is 0.122 e. The van der Waals surface area contributed by atoms with Crippen molar-refractivity contribution < 1.29 is 4.74 Å². The monoisotopic (exact) mass is 334 g/mol. The lowest BCUT2D eigenvalue weighted by Gasteiger charge is -2.25. The lowest BCUT2D eigenvalue weighted by atomic mass is 9.86. The summed E-state index contributed by atoms with van der Waals surface area (Å²) >= 11 is 0. The third-order valence-electron chi connectivity index (χ3n) is 5.20. The number of anilines is 1. The maximum absolute atomic E-state index is 6.00. The van der Waals surface area contributed by atoms with E-state index in [2.05, 4.69) is 65.9 Å². The third kappa shape index (κ3) is 3.88. The molecule has 2 aromatic carbocycles. The number of nitrogens with one attached hydrogen (secondary N) is 1. The number of benzene rings is 2. The van der Waals surface area contributed by atoms with Gasteiger partial charge in [0.2, 0.25) is 0 Å². The Hall–Kier alpha value is -2.26. The Balaban J connectivity index is 1.40. The summed E-state index contributed by atoms with van der Waals surface area (Å²) in [7, 11) is 0. The Morgan fingerprint density at radius 2 is 2.00 bits per heavy atom. The molecule has 0 spiro atoms. The van der Waals surface area contributed by atoms with E-state index in [9.17, 15) is 0 Å². The van der Waals surface area contributed by atoms with Crippen LogP contribution < -0.4 is 15.2 Å². The van der Waals surface area contributed by atoms with Crippen LogP contribution >= 0.6 is 0 Å². The molecule has 0 radical (unpaired) electrons. The van der Waals surface area contributed by atoms with Gasteiger partial charge in [0.15, 0.2) is 0 Å². The highest BCUT2D eigenvalue weighted by Crippen LogP contribution is 2.28. The molecule has 0 bridgehead atoms. The van der Waals surface area contributed by atoms with Crippen molar-refractivity contribution in [3.05, 3.63) is 65.2 Å². The van der Waals surface area contributed by atoms with E-state index in [4.69, 9.17) is 4.74 Å². The molecule has 1 N–H and O–H groups in total. The molecule has 4 rings (SSSR count). The topological polar surface area (TPSA) is 24.5 Å². The fraction of sp³-hybridized carbons (Fsp3) is 0.364. The maximum atomic E-state index is 6.00. The highest BCUT2D eigenvalue weighted by Gasteiger charge is 2.18. The lowest BCUT2D eigenvalue weighted by Crippen LogP contribution is -2.30. The number of hydrogen-bond acceptors (Lipinski definition) is 3. The van der Waals surface area contributed by atoms with Crippen molar-refractivity contribution in [1.29, 1.82) is 0 Å². The Morgan fingerprint density at radius 3 is 2.72 bits per heavy atom. The molecule has 2 aromatic rings. The zero-order valence-corrected chi connectivity index (χ0v) is 14.9. The van der Waals surface area contributed by atoms with Crippen LogP contribution in [0.1, 0.15) is 30.4 Å². The summed E-state index contributed by atoms with van der Waals surface area (Å²) in [6.07, 6.45) is 6.31. The first-order valence-corrected chi connectivity index (χ1v) is 9.27. The van der Waals surface area contributed by atoms with Crippen LogP contribution in [0, 0.1) is 12.8 Å². The second kappa shape index (κ2) is 7.32. The number of hydrogen-bond donors (Lipinski definition) is 1. The van der Waals surface area contributed by atoms with Gasteiger partial charge in [-0.25, -0.2) is 5.43 Å². The standard InChI is InChI=1S/C22H26N2O/c1-17-12-19(10-11-22(17)25-16-18-6-5-7-18)13-20-14-23-24(15-20)21-8-3-2-4-9-21/h2-4,8-13,18,23H,5-7,14-16H2,1H3. The first-order valence-electron chi connectivity index (χ1n) is 9.27. The second-order valence-electron chi connectivity index (χ2n) is 7.19. The number of ether oxygens (including phenoxy) is 1. The van der Waals surface area contributed by atoms with Crippen LogP contribution in [0.4, 0.5) is 5.69 Å². The third-order valence-corrected chi connectivity index (χ3v) is 5.20. The molecule has 1 aliphatic carbocycles. The number of hydrazine groups is 1. The molecule has 0 atom stereocenters. The van der Waals surface area contributed by atoms with Crippen molar-refractivity contribution >= 4 is 11.8 Å². The Bertz CT molecular complexity index is 750. The number of nitrogens with zero attached hydrogens (tertiary/aromatic N) is 1. The molecule has 3 heteroatoms. The summed E-state index contributed by atoms with van der Waals surface area (Å²) < 4.78 is 6.00. The minimum atomic E-state index is 0.773. The van der Waals surface area contributed by atoms with Gasteiger partial charge in [0.1, 0.15) is 5.75 Å². The van der Waals surface area contributed by atoms with Crippen molar-refractivity contribution in [3.8, 4) is 5.75 Å². The van der Waals surface area contributed by atoms with E-state index in [1.165, 1.54) is 41.6 Å². The fourth-order valence-electron chi connectivity index (χ4n) is 3.43. The van der Waals surface area contributed by atoms with Crippen molar-refractivity contribution in [1.82, 2.24) is 5.43 Å². The van der Waals surface area contributed by atoms with E-state index in [0.29, 0.717) is 0 Å². The molecule has 0 amide bonds. The molecule has 2 fully saturated rings. The zero-order chi connectivity index (χ0) is 17.1. The highest BCUT2D eigenvalue weighted by molar-refractivity contribution is 5.59. The molecule has 1 heterocycles. The van der Waals surface area contributed by atoms with Crippen molar-refractivity contribution in [2.45, 2.75) is 26.2 Å². The Kier molecular flexibility index (Phi) is 4.75. The molecule has 0 unspecified atom stereocenters. The number of rotatable bonds is 5. The van der Waals surface area contributed by atoms with Crippen molar-refractivity contribution in [2.75, 3.05) is 24.7 Å². The number of para-hydroxylation sites is 1. The molecule has 1 saturated carbocycles. The highest BCUT2D eigenvalue weighted by atomic mass is 16.5. The largest absolute Gasteiger partial charge is 0.493 e. The average molecular weight is 334 g/mol. The van der Waals surface area contributed by atoms with Gasteiger partial charge < -0.3 is 9.75 Å². The average Bonchev–Trinajstić information content (AvgIpc) is 3.05. The van der Waals surface area contributed by atoms with Crippen molar-refractivity contribution in [2.24, 2.45) is 5.92 Å². The van der Waals surface area contributed by atoms with E-state index >= 15 is 0 Å². The molecule has 0 aromatic heterocycles. The molecule has 1 saturated heterocycles. The summed E-state index contributed by atoms with van der Waals surface area (Å²) in [5, 5.41) is 2.20. The van der Waals surface area contributed by atoms with Crippen LogP contribution in [0.15, 0.2) is 54.1 Å². The molecule has 3 nitrogen and oxygen atoms in total. The summed E-state index contributed by atoms with van der Waals surface area (Å²) in [4.78, 5) is 0. The van der Waals surface area contributed by atoms with E-state index in [0.717, 1.165) is 31.4 Å². The van der Waals surface area contributed by atoms with E-state index < -0.39 is 0 Å². The van der Waals surface area contributed by atoms with Gasteiger partial charge in [0.05, 0.1) is 18.8 Å². The van der Waals surface area contributed by atoms with Gasteiger partial charge in [0.25, 0.3) is 0 Å². The summed E-state index contributed by atoms with van der Waals surface area (Å²) in [6.45, 7) is 4.83.